The summed E-state index contributed by atoms with van der Waals surface area (Å²) in [5.41, 5.74) is 0. The van der Waals surface area contributed by atoms with Gasteiger partial charge in [0.25, 0.3) is 0 Å². The van der Waals surface area contributed by atoms with Crippen LogP contribution in [-0.4, -0.2) is 34.4 Å². The zero-order chi connectivity index (χ0) is 12.4. The van der Waals surface area contributed by atoms with Crippen molar-refractivity contribution in [3.8, 4) is 0 Å². The Morgan fingerprint density at radius 2 is 2.12 bits per heavy atom. The van der Waals surface area contributed by atoms with Gasteiger partial charge in [0.05, 0.1) is 4.47 Å². The molecule has 0 radical (unpaired) electrons. The molecule has 4 nitrogen and oxygen atoms in total. The van der Waals surface area contributed by atoms with Crippen molar-refractivity contribution < 1.29 is 4.79 Å². The zero-order valence-electron chi connectivity index (χ0n) is 10.1. The number of carbonyl (C=O) groups excluding carboxylic acids is 1. The highest BCUT2D eigenvalue weighted by atomic mass is 79.9. The molecule has 1 aromatic heterocycles. The van der Waals surface area contributed by atoms with Crippen molar-refractivity contribution in [2.45, 2.75) is 19.8 Å². The molecule has 1 aliphatic carbocycles. The van der Waals surface area contributed by atoms with Gasteiger partial charge < -0.3 is 4.90 Å². The van der Waals surface area contributed by atoms with Gasteiger partial charge in [0, 0.05) is 38.3 Å². The van der Waals surface area contributed by atoms with Crippen LogP contribution in [0, 0.1) is 11.8 Å². The van der Waals surface area contributed by atoms with E-state index in [2.05, 4.69) is 32.8 Å². The molecule has 0 spiro atoms. The van der Waals surface area contributed by atoms with Crippen molar-refractivity contribution in [1.29, 1.82) is 0 Å². The fourth-order valence-electron chi connectivity index (χ4n) is 1.80. The Balaban J connectivity index is 1.81. The van der Waals surface area contributed by atoms with Crippen molar-refractivity contribution in [2.24, 2.45) is 11.8 Å². The van der Waals surface area contributed by atoms with Gasteiger partial charge in [-0.1, -0.05) is 6.92 Å². The maximum absolute atomic E-state index is 11.9. The van der Waals surface area contributed by atoms with E-state index in [1.807, 2.05) is 7.05 Å². The summed E-state index contributed by atoms with van der Waals surface area (Å²) in [7, 11) is 1.85. The number of carbonyl (C=O) groups is 1. The smallest absolute Gasteiger partial charge is 0.225 e. The number of halogens is 1. The molecule has 1 saturated carbocycles. The van der Waals surface area contributed by atoms with Crippen molar-refractivity contribution >= 4 is 21.8 Å². The number of amides is 1. The van der Waals surface area contributed by atoms with Crippen LogP contribution in [0.25, 0.3) is 0 Å². The number of hydrogen-bond acceptors (Lipinski definition) is 3. The lowest BCUT2D eigenvalue weighted by Crippen LogP contribution is -2.30. The summed E-state index contributed by atoms with van der Waals surface area (Å²) in [6.45, 7) is 2.80. The molecule has 17 heavy (non-hydrogen) atoms. The fourth-order valence-corrected chi connectivity index (χ4v) is 2.00. The molecule has 0 aromatic carbocycles. The van der Waals surface area contributed by atoms with Crippen LogP contribution in [0.1, 0.15) is 19.2 Å². The molecule has 5 heteroatoms. The molecule has 92 valence electrons. The van der Waals surface area contributed by atoms with Gasteiger partial charge in [-0.25, -0.2) is 9.97 Å². The van der Waals surface area contributed by atoms with E-state index in [1.165, 1.54) is 0 Å². The number of hydrogen-bond donors (Lipinski definition) is 0. The maximum atomic E-state index is 11.9. The second kappa shape index (κ2) is 5.12. The molecule has 1 aromatic rings. The van der Waals surface area contributed by atoms with E-state index in [0.29, 0.717) is 18.9 Å². The van der Waals surface area contributed by atoms with Gasteiger partial charge in [0.2, 0.25) is 5.91 Å². The quantitative estimate of drug-likeness (QED) is 0.853. The van der Waals surface area contributed by atoms with Gasteiger partial charge in [-0.15, -0.1) is 0 Å². The first-order valence-electron chi connectivity index (χ1n) is 5.79. The SMILES string of the molecule is CC1CC1C(=O)N(C)CCc1ncc(Br)cn1. The zero-order valence-corrected chi connectivity index (χ0v) is 11.6. The highest BCUT2D eigenvalue weighted by Crippen LogP contribution is 2.38. The van der Waals surface area contributed by atoms with Crippen LogP contribution < -0.4 is 0 Å². The number of rotatable bonds is 4. The Morgan fingerprint density at radius 1 is 1.53 bits per heavy atom. The van der Waals surface area contributed by atoms with Crippen LogP contribution in [0.2, 0.25) is 0 Å². The van der Waals surface area contributed by atoms with E-state index in [1.54, 1.807) is 17.3 Å². The van der Waals surface area contributed by atoms with Gasteiger partial charge in [0.1, 0.15) is 5.82 Å². The predicted molar refractivity (Wildman–Crippen MR) is 68.3 cm³/mol. The van der Waals surface area contributed by atoms with Crippen LogP contribution in [0.15, 0.2) is 16.9 Å². The Labute approximate surface area is 110 Å². The molecule has 1 aliphatic rings. The van der Waals surface area contributed by atoms with E-state index >= 15 is 0 Å². The van der Waals surface area contributed by atoms with Crippen molar-refractivity contribution in [2.75, 3.05) is 13.6 Å². The predicted octanol–water partition coefficient (Wildman–Crippen LogP) is 1.90. The largest absolute Gasteiger partial charge is 0.345 e. The minimum absolute atomic E-state index is 0.255. The molecule has 1 amide bonds. The molecule has 2 atom stereocenters. The van der Waals surface area contributed by atoms with Crippen LogP contribution in [-0.2, 0) is 11.2 Å². The summed E-state index contributed by atoms with van der Waals surface area (Å²) >= 11 is 3.29. The third-order valence-corrected chi connectivity index (χ3v) is 3.56. The van der Waals surface area contributed by atoms with Crippen molar-refractivity contribution in [1.82, 2.24) is 14.9 Å². The van der Waals surface area contributed by atoms with Crippen molar-refractivity contribution in [3.63, 3.8) is 0 Å². The van der Waals surface area contributed by atoms with Crippen LogP contribution in [0.4, 0.5) is 0 Å². The first-order chi connectivity index (χ1) is 8.08. The van der Waals surface area contributed by atoms with Crippen LogP contribution in [0.5, 0.6) is 0 Å². The average Bonchev–Trinajstić information content (AvgIpc) is 3.04. The van der Waals surface area contributed by atoms with E-state index < -0.39 is 0 Å². The summed E-state index contributed by atoms with van der Waals surface area (Å²) in [4.78, 5) is 22.0. The highest BCUT2D eigenvalue weighted by molar-refractivity contribution is 9.10. The first-order valence-corrected chi connectivity index (χ1v) is 6.58. The monoisotopic (exact) mass is 297 g/mol. The number of likely N-dealkylation sites (N-methyl/N-ethyl adjacent to an activating group) is 1. The Kier molecular flexibility index (Phi) is 3.76. The van der Waals surface area contributed by atoms with Gasteiger partial charge >= 0.3 is 0 Å². The second-order valence-corrected chi connectivity index (χ2v) is 5.56. The van der Waals surface area contributed by atoms with E-state index in [-0.39, 0.29) is 11.8 Å². The highest BCUT2D eigenvalue weighted by Gasteiger charge is 2.40. The Morgan fingerprint density at radius 3 is 2.65 bits per heavy atom. The fraction of sp³-hybridized carbons (Fsp3) is 0.583. The lowest BCUT2D eigenvalue weighted by molar-refractivity contribution is -0.131. The second-order valence-electron chi connectivity index (χ2n) is 4.65. The third kappa shape index (κ3) is 3.25. The average molecular weight is 298 g/mol. The van der Waals surface area contributed by atoms with Crippen LogP contribution in [0.3, 0.4) is 0 Å². The molecule has 2 unspecified atom stereocenters. The Bertz CT molecular complexity index is 407. The molecule has 1 heterocycles. The first kappa shape index (κ1) is 12.5. The Hall–Kier alpha value is -0.970. The normalized spacial score (nSPS) is 22.3. The van der Waals surface area contributed by atoms with Gasteiger partial charge in [0.15, 0.2) is 0 Å². The maximum Gasteiger partial charge on any atom is 0.225 e. The minimum atomic E-state index is 0.255. The van der Waals surface area contributed by atoms with Gasteiger partial charge in [-0.05, 0) is 28.3 Å². The molecule has 2 rings (SSSR count). The van der Waals surface area contributed by atoms with E-state index in [4.69, 9.17) is 0 Å². The van der Waals surface area contributed by atoms with Crippen LogP contribution >= 0.6 is 15.9 Å². The molecule has 0 N–H and O–H groups in total. The lowest BCUT2D eigenvalue weighted by Gasteiger charge is -2.16. The molecule has 0 aliphatic heterocycles. The lowest BCUT2D eigenvalue weighted by atomic mass is 10.3. The molecular formula is C12H16BrN3O. The molecule has 0 saturated heterocycles. The third-order valence-electron chi connectivity index (χ3n) is 3.15. The van der Waals surface area contributed by atoms with Gasteiger partial charge in [-0.2, -0.15) is 0 Å². The summed E-state index contributed by atoms with van der Waals surface area (Å²) in [5, 5.41) is 0. The number of nitrogens with zero attached hydrogens (tertiary/aromatic N) is 3. The summed E-state index contributed by atoms with van der Waals surface area (Å²) in [5.74, 6) is 1.85. The summed E-state index contributed by atoms with van der Waals surface area (Å²) < 4.78 is 0.873. The summed E-state index contributed by atoms with van der Waals surface area (Å²) in [6, 6.07) is 0. The molecule has 0 bridgehead atoms. The topological polar surface area (TPSA) is 46.1 Å². The summed E-state index contributed by atoms with van der Waals surface area (Å²) in [6.07, 6.45) is 5.20. The van der Waals surface area contributed by atoms with E-state index in [9.17, 15) is 4.79 Å². The van der Waals surface area contributed by atoms with E-state index in [0.717, 1.165) is 16.7 Å². The standard InChI is InChI=1S/C12H16BrN3O/c1-8-5-10(8)12(17)16(2)4-3-11-14-6-9(13)7-15-11/h6-8,10H,3-5H2,1-2H3. The van der Waals surface area contributed by atoms with Gasteiger partial charge in [-0.3, -0.25) is 4.79 Å². The molecule has 1 fully saturated rings. The minimum Gasteiger partial charge on any atom is -0.345 e. The van der Waals surface area contributed by atoms with Crippen molar-refractivity contribution in [3.05, 3.63) is 22.7 Å². The number of aromatic nitrogens is 2. The molecular weight excluding hydrogens is 282 g/mol.